The molecule has 1 amide bonds. The molecule has 1 aromatic heterocycles. The van der Waals surface area contributed by atoms with Crippen LogP contribution in [0.25, 0.3) is 0 Å². The van der Waals surface area contributed by atoms with Gasteiger partial charge in [-0.1, -0.05) is 11.6 Å². The lowest BCUT2D eigenvalue weighted by Crippen LogP contribution is -2.10. The van der Waals surface area contributed by atoms with Crippen molar-refractivity contribution in [2.75, 3.05) is 11.1 Å². The van der Waals surface area contributed by atoms with Crippen molar-refractivity contribution in [3.63, 3.8) is 0 Å². The Morgan fingerprint density at radius 3 is 2.95 bits per heavy atom. The molecule has 5 heteroatoms. The third-order valence-electron chi connectivity index (χ3n) is 3.21. The minimum Gasteiger partial charge on any atom is -0.399 e. The lowest BCUT2D eigenvalue weighted by molar-refractivity contribution is 0.103. The van der Waals surface area contributed by atoms with Crippen LogP contribution < -0.4 is 11.1 Å². The first-order chi connectivity index (χ1) is 9.13. The van der Waals surface area contributed by atoms with Crippen molar-refractivity contribution in [2.24, 2.45) is 0 Å². The van der Waals surface area contributed by atoms with Gasteiger partial charge in [-0.25, -0.2) is 0 Å². The molecule has 1 heterocycles. The largest absolute Gasteiger partial charge is 0.399 e. The van der Waals surface area contributed by atoms with Gasteiger partial charge in [0, 0.05) is 10.6 Å². The third-order valence-corrected chi connectivity index (χ3v) is 4.77. The summed E-state index contributed by atoms with van der Waals surface area (Å²) in [6.07, 6.45) is 3.37. The molecule has 2 aromatic rings. The second kappa shape index (κ2) is 4.87. The van der Waals surface area contributed by atoms with Gasteiger partial charge in [0.15, 0.2) is 0 Å². The van der Waals surface area contributed by atoms with Crippen molar-refractivity contribution in [3.05, 3.63) is 44.6 Å². The molecule has 0 atom stereocenters. The standard InChI is InChI=1S/C14H13ClN2OS/c15-10-5-4-9(16)7-11(10)17-14(18)13-6-8-2-1-3-12(8)19-13/h4-7H,1-3,16H2,(H,17,18). The van der Waals surface area contributed by atoms with Crippen LogP contribution in [-0.2, 0) is 12.8 Å². The number of rotatable bonds is 2. The highest BCUT2D eigenvalue weighted by Crippen LogP contribution is 2.31. The molecule has 1 aromatic carbocycles. The lowest BCUT2D eigenvalue weighted by atomic mass is 10.2. The molecule has 98 valence electrons. The minimum absolute atomic E-state index is 0.119. The Hall–Kier alpha value is -1.52. The number of carbonyl (C=O) groups excluding carboxylic acids is 1. The van der Waals surface area contributed by atoms with E-state index in [0.29, 0.717) is 16.4 Å². The fourth-order valence-electron chi connectivity index (χ4n) is 2.26. The van der Waals surface area contributed by atoms with Gasteiger partial charge >= 0.3 is 0 Å². The summed E-state index contributed by atoms with van der Waals surface area (Å²) in [5, 5.41) is 3.31. The highest BCUT2D eigenvalue weighted by molar-refractivity contribution is 7.14. The fraction of sp³-hybridized carbons (Fsp3) is 0.214. The van der Waals surface area contributed by atoms with Gasteiger partial charge in [-0.15, -0.1) is 11.3 Å². The zero-order chi connectivity index (χ0) is 13.4. The number of halogens is 1. The van der Waals surface area contributed by atoms with E-state index in [1.54, 1.807) is 29.5 Å². The average molecular weight is 293 g/mol. The van der Waals surface area contributed by atoms with Crippen molar-refractivity contribution >= 4 is 40.2 Å². The number of thiophene rings is 1. The maximum absolute atomic E-state index is 12.2. The molecule has 3 N–H and O–H groups in total. The first-order valence-corrected chi connectivity index (χ1v) is 7.31. The molecule has 19 heavy (non-hydrogen) atoms. The number of nitrogen functional groups attached to an aromatic ring is 1. The zero-order valence-corrected chi connectivity index (χ0v) is 11.8. The first kappa shape index (κ1) is 12.5. The topological polar surface area (TPSA) is 55.1 Å². The molecule has 0 saturated heterocycles. The maximum Gasteiger partial charge on any atom is 0.265 e. The summed E-state index contributed by atoms with van der Waals surface area (Å²) in [6, 6.07) is 7.04. The van der Waals surface area contributed by atoms with Crippen LogP contribution in [0.1, 0.15) is 26.5 Å². The zero-order valence-electron chi connectivity index (χ0n) is 10.2. The first-order valence-electron chi connectivity index (χ1n) is 6.11. The van der Waals surface area contributed by atoms with Crippen LogP contribution in [0.15, 0.2) is 24.3 Å². The predicted molar refractivity (Wildman–Crippen MR) is 80.2 cm³/mol. The smallest absolute Gasteiger partial charge is 0.265 e. The van der Waals surface area contributed by atoms with Gasteiger partial charge < -0.3 is 11.1 Å². The summed E-state index contributed by atoms with van der Waals surface area (Å²) in [6.45, 7) is 0. The van der Waals surface area contributed by atoms with E-state index in [4.69, 9.17) is 17.3 Å². The Labute approximate surface area is 120 Å². The van der Waals surface area contributed by atoms with E-state index in [-0.39, 0.29) is 5.91 Å². The Morgan fingerprint density at radius 1 is 1.32 bits per heavy atom. The van der Waals surface area contributed by atoms with Crippen LogP contribution in [-0.4, -0.2) is 5.91 Å². The Kier molecular flexibility index (Phi) is 3.21. The average Bonchev–Trinajstić information content (AvgIpc) is 2.94. The van der Waals surface area contributed by atoms with Crippen LogP contribution in [0, 0.1) is 0 Å². The molecule has 3 rings (SSSR count). The fourth-order valence-corrected chi connectivity index (χ4v) is 3.58. The highest BCUT2D eigenvalue weighted by Gasteiger charge is 2.18. The number of hydrogen-bond acceptors (Lipinski definition) is 3. The Bertz CT molecular complexity index is 629. The predicted octanol–water partition coefficient (Wildman–Crippen LogP) is 3.72. The van der Waals surface area contributed by atoms with Gasteiger partial charge in [-0.2, -0.15) is 0 Å². The summed E-state index contributed by atoms with van der Waals surface area (Å²) < 4.78 is 0. The molecule has 0 saturated carbocycles. The number of nitrogens with one attached hydrogen (secondary N) is 1. The molecule has 3 nitrogen and oxygen atoms in total. The molecule has 1 aliphatic rings. The second-order valence-electron chi connectivity index (χ2n) is 4.61. The summed E-state index contributed by atoms with van der Waals surface area (Å²) in [4.78, 5) is 14.3. The van der Waals surface area contributed by atoms with Gasteiger partial charge in [0.25, 0.3) is 5.91 Å². The summed E-state index contributed by atoms with van der Waals surface area (Å²) in [5.74, 6) is -0.119. The van der Waals surface area contributed by atoms with Crippen LogP contribution in [0.2, 0.25) is 5.02 Å². The second-order valence-corrected chi connectivity index (χ2v) is 6.15. The molecule has 0 unspecified atom stereocenters. The number of aryl methyl sites for hydroxylation is 2. The van der Waals surface area contributed by atoms with Crippen molar-refractivity contribution in [2.45, 2.75) is 19.3 Å². The Balaban J connectivity index is 1.82. The Morgan fingerprint density at radius 2 is 2.16 bits per heavy atom. The number of anilines is 2. The van der Waals surface area contributed by atoms with Gasteiger partial charge in [0.05, 0.1) is 15.6 Å². The number of fused-ring (bicyclic) bond motifs is 1. The van der Waals surface area contributed by atoms with E-state index in [1.807, 2.05) is 6.07 Å². The number of carbonyl (C=O) groups is 1. The van der Waals surface area contributed by atoms with E-state index in [9.17, 15) is 4.79 Å². The van der Waals surface area contributed by atoms with E-state index in [1.165, 1.54) is 16.9 Å². The summed E-state index contributed by atoms with van der Waals surface area (Å²) in [7, 11) is 0. The number of hydrogen-bond donors (Lipinski definition) is 2. The monoisotopic (exact) mass is 292 g/mol. The van der Waals surface area contributed by atoms with Crippen LogP contribution in [0.5, 0.6) is 0 Å². The van der Waals surface area contributed by atoms with Crippen molar-refractivity contribution in [3.8, 4) is 0 Å². The van der Waals surface area contributed by atoms with Crippen molar-refractivity contribution in [1.29, 1.82) is 0 Å². The van der Waals surface area contributed by atoms with Crippen LogP contribution in [0.3, 0.4) is 0 Å². The molecule has 0 radical (unpaired) electrons. The van der Waals surface area contributed by atoms with Crippen LogP contribution in [0.4, 0.5) is 11.4 Å². The molecule has 0 bridgehead atoms. The molecule has 0 spiro atoms. The van der Waals surface area contributed by atoms with E-state index < -0.39 is 0 Å². The minimum atomic E-state index is -0.119. The van der Waals surface area contributed by atoms with E-state index in [0.717, 1.165) is 17.7 Å². The highest BCUT2D eigenvalue weighted by atomic mass is 35.5. The molecular formula is C14H13ClN2OS. The molecule has 0 aliphatic heterocycles. The lowest BCUT2D eigenvalue weighted by Gasteiger charge is -2.06. The van der Waals surface area contributed by atoms with Gasteiger partial charge in [0.2, 0.25) is 0 Å². The summed E-state index contributed by atoms with van der Waals surface area (Å²) in [5.41, 5.74) is 8.14. The normalized spacial score (nSPS) is 13.3. The number of amides is 1. The van der Waals surface area contributed by atoms with E-state index in [2.05, 4.69) is 5.32 Å². The third kappa shape index (κ3) is 2.46. The van der Waals surface area contributed by atoms with E-state index >= 15 is 0 Å². The molecular weight excluding hydrogens is 280 g/mol. The van der Waals surface area contributed by atoms with Gasteiger partial charge in [0.1, 0.15) is 0 Å². The summed E-state index contributed by atoms with van der Waals surface area (Å²) >= 11 is 7.61. The SMILES string of the molecule is Nc1ccc(Cl)c(NC(=O)c2cc3c(s2)CCC3)c1. The quantitative estimate of drug-likeness (QED) is 0.829. The molecule has 0 fully saturated rings. The number of benzene rings is 1. The van der Waals surface area contributed by atoms with Crippen molar-refractivity contribution in [1.82, 2.24) is 0 Å². The van der Waals surface area contributed by atoms with Gasteiger partial charge in [-0.3, -0.25) is 4.79 Å². The molecule has 1 aliphatic carbocycles. The van der Waals surface area contributed by atoms with Crippen LogP contribution >= 0.6 is 22.9 Å². The maximum atomic E-state index is 12.2. The van der Waals surface area contributed by atoms with Crippen molar-refractivity contribution < 1.29 is 4.79 Å². The number of nitrogens with two attached hydrogens (primary N) is 1. The van der Waals surface area contributed by atoms with Gasteiger partial charge in [-0.05, 0) is 49.1 Å².